The van der Waals surface area contributed by atoms with Gasteiger partial charge >= 0.3 is 0 Å². The molecule has 0 radical (unpaired) electrons. The third-order valence-corrected chi connectivity index (χ3v) is 4.25. The van der Waals surface area contributed by atoms with Gasteiger partial charge in [0.25, 0.3) is 0 Å². The molecule has 2 rings (SSSR count). The monoisotopic (exact) mass is 247 g/mol. The number of anilines is 1. The molecule has 0 aliphatic heterocycles. The Morgan fingerprint density at radius 3 is 2.18 bits per heavy atom. The lowest BCUT2D eigenvalue weighted by Gasteiger charge is -2.06. The first-order valence-corrected chi connectivity index (χ1v) is 6.71. The lowest BCUT2D eigenvalue weighted by atomic mass is 10.3. The highest BCUT2D eigenvalue weighted by Crippen LogP contribution is 2.22. The molecule has 0 fully saturated rings. The lowest BCUT2D eigenvalue weighted by molar-refractivity contribution is 0.596. The number of benzene rings is 2. The minimum absolute atomic E-state index is 0.301. The fourth-order valence-corrected chi connectivity index (χ4v) is 2.88. The Kier molecular flexibility index (Phi) is 3.15. The van der Waals surface area contributed by atoms with Crippen molar-refractivity contribution in [2.45, 2.75) is 9.79 Å². The van der Waals surface area contributed by atoms with Crippen LogP contribution in [0.25, 0.3) is 0 Å². The third kappa shape index (κ3) is 2.31. The SMILES string of the molecule is CNc1cccc(S(=O)(=O)c2ccccc2)c1. The second-order valence-electron chi connectivity index (χ2n) is 3.59. The van der Waals surface area contributed by atoms with Crippen LogP contribution in [0, 0.1) is 0 Å². The topological polar surface area (TPSA) is 46.2 Å². The molecule has 17 heavy (non-hydrogen) atoms. The van der Waals surface area contributed by atoms with Crippen molar-refractivity contribution in [1.82, 2.24) is 0 Å². The van der Waals surface area contributed by atoms with Gasteiger partial charge in [-0.2, -0.15) is 0 Å². The van der Waals surface area contributed by atoms with Gasteiger partial charge < -0.3 is 5.32 Å². The summed E-state index contributed by atoms with van der Waals surface area (Å²) in [6.45, 7) is 0. The van der Waals surface area contributed by atoms with Gasteiger partial charge in [-0.15, -0.1) is 0 Å². The van der Waals surface area contributed by atoms with E-state index in [0.29, 0.717) is 9.79 Å². The quantitative estimate of drug-likeness (QED) is 0.906. The van der Waals surface area contributed by atoms with E-state index in [1.807, 2.05) is 6.07 Å². The van der Waals surface area contributed by atoms with E-state index in [1.165, 1.54) is 0 Å². The van der Waals surface area contributed by atoms with Gasteiger partial charge in [-0.25, -0.2) is 8.42 Å². The molecule has 88 valence electrons. The molecule has 3 nitrogen and oxygen atoms in total. The standard InChI is InChI=1S/C13H13NO2S/c1-14-11-6-5-9-13(10-11)17(15,16)12-7-3-2-4-8-12/h2-10,14H,1H3. The molecule has 4 heteroatoms. The average molecular weight is 247 g/mol. The summed E-state index contributed by atoms with van der Waals surface area (Å²) in [6.07, 6.45) is 0. The molecule has 0 atom stereocenters. The van der Waals surface area contributed by atoms with Gasteiger partial charge in [-0.3, -0.25) is 0 Å². The van der Waals surface area contributed by atoms with Crippen LogP contribution in [0.2, 0.25) is 0 Å². The van der Waals surface area contributed by atoms with Crippen molar-refractivity contribution in [1.29, 1.82) is 0 Å². The number of nitrogens with one attached hydrogen (secondary N) is 1. The van der Waals surface area contributed by atoms with Crippen molar-refractivity contribution >= 4 is 15.5 Å². The van der Waals surface area contributed by atoms with E-state index in [2.05, 4.69) is 5.32 Å². The van der Waals surface area contributed by atoms with Gasteiger partial charge in [0.05, 0.1) is 9.79 Å². The van der Waals surface area contributed by atoms with Crippen LogP contribution in [0.3, 0.4) is 0 Å². The van der Waals surface area contributed by atoms with Crippen molar-refractivity contribution in [2.24, 2.45) is 0 Å². The van der Waals surface area contributed by atoms with Crippen LogP contribution in [0.4, 0.5) is 5.69 Å². The number of hydrogen-bond donors (Lipinski definition) is 1. The second kappa shape index (κ2) is 4.59. The maximum Gasteiger partial charge on any atom is 0.206 e. The van der Waals surface area contributed by atoms with Crippen LogP contribution in [0.1, 0.15) is 0 Å². The number of hydrogen-bond acceptors (Lipinski definition) is 3. The molecule has 2 aromatic rings. The first kappa shape index (κ1) is 11.7. The molecule has 0 aliphatic rings. The summed E-state index contributed by atoms with van der Waals surface area (Å²) in [6, 6.07) is 15.2. The van der Waals surface area contributed by atoms with Gasteiger partial charge in [-0.05, 0) is 30.3 Å². The Balaban J connectivity index is 2.52. The Labute approximate surface area is 101 Å². The molecule has 1 N–H and O–H groups in total. The zero-order valence-corrected chi connectivity index (χ0v) is 10.2. The smallest absolute Gasteiger partial charge is 0.206 e. The van der Waals surface area contributed by atoms with Crippen molar-refractivity contribution in [3.63, 3.8) is 0 Å². The molecular formula is C13H13NO2S. The summed E-state index contributed by atoms with van der Waals surface area (Å²) in [7, 11) is -1.65. The summed E-state index contributed by atoms with van der Waals surface area (Å²) < 4.78 is 24.5. The molecule has 0 spiro atoms. The first-order chi connectivity index (χ1) is 8.14. The third-order valence-electron chi connectivity index (χ3n) is 2.49. The van der Waals surface area contributed by atoms with Gasteiger partial charge in [0.15, 0.2) is 0 Å². The minimum atomic E-state index is -3.41. The predicted molar refractivity (Wildman–Crippen MR) is 67.9 cm³/mol. The van der Waals surface area contributed by atoms with E-state index >= 15 is 0 Å². The Bertz CT molecular complexity index is 606. The summed E-state index contributed by atoms with van der Waals surface area (Å²) >= 11 is 0. The lowest BCUT2D eigenvalue weighted by Crippen LogP contribution is -2.02. The molecule has 0 aromatic heterocycles. The zero-order chi connectivity index (χ0) is 12.3. The van der Waals surface area contributed by atoms with Crippen LogP contribution in [0.5, 0.6) is 0 Å². The van der Waals surface area contributed by atoms with Crippen molar-refractivity contribution in [3.8, 4) is 0 Å². The maximum atomic E-state index is 12.3. The largest absolute Gasteiger partial charge is 0.388 e. The molecule has 0 bridgehead atoms. The zero-order valence-electron chi connectivity index (χ0n) is 9.42. The predicted octanol–water partition coefficient (Wildman–Crippen LogP) is 2.56. The van der Waals surface area contributed by atoms with Crippen LogP contribution in [-0.4, -0.2) is 15.5 Å². The van der Waals surface area contributed by atoms with E-state index in [4.69, 9.17) is 0 Å². The Morgan fingerprint density at radius 1 is 0.882 bits per heavy atom. The fraction of sp³-hybridized carbons (Fsp3) is 0.0769. The summed E-state index contributed by atoms with van der Waals surface area (Å²) in [5.41, 5.74) is 0.780. The molecule has 0 amide bonds. The molecule has 0 aliphatic carbocycles. The molecule has 0 heterocycles. The van der Waals surface area contributed by atoms with Gasteiger partial charge in [0.2, 0.25) is 9.84 Å². The highest BCUT2D eigenvalue weighted by molar-refractivity contribution is 7.91. The van der Waals surface area contributed by atoms with Crippen molar-refractivity contribution in [3.05, 3.63) is 54.6 Å². The first-order valence-electron chi connectivity index (χ1n) is 5.22. The molecular weight excluding hydrogens is 234 g/mol. The molecule has 0 saturated carbocycles. The number of sulfone groups is 1. The van der Waals surface area contributed by atoms with Gasteiger partial charge in [-0.1, -0.05) is 24.3 Å². The van der Waals surface area contributed by atoms with Gasteiger partial charge in [0, 0.05) is 12.7 Å². The van der Waals surface area contributed by atoms with Crippen molar-refractivity contribution in [2.75, 3.05) is 12.4 Å². The van der Waals surface area contributed by atoms with Crippen LogP contribution in [-0.2, 0) is 9.84 Å². The molecule has 0 unspecified atom stereocenters. The van der Waals surface area contributed by atoms with E-state index < -0.39 is 9.84 Å². The number of rotatable bonds is 3. The maximum absolute atomic E-state index is 12.3. The van der Waals surface area contributed by atoms with Crippen molar-refractivity contribution < 1.29 is 8.42 Å². The second-order valence-corrected chi connectivity index (χ2v) is 5.54. The molecule has 2 aromatic carbocycles. The highest BCUT2D eigenvalue weighted by atomic mass is 32.2. The van der Waals surface area contributed by atoms with E-state index in [-0.39, 0.29) is 0 Å². The molecule has 0 saturated heterocycles. The summed E-state index contributed by atoms with van der Waals surface area (Å²) in [4.78, 5) is 0.615. The Morgan fingerprint density at radius 2 is 1.53 bits per heavy atom. The van der Waals surface area contributed by atoms with Gasteiger partial charge in [0.1, 0.15) is 0 Å². The summed E-state index contributed by atoms with van der Waals surface area (Å²) in [5, 5.41) is 2.93. The van der Waals surface area contributed by atoms with E-state index in [0.717, 1.165) is 5.69 Å². The van der Waals surface area contributed by atoms with E-state index in [1.54, 1.807) is 55.6 Å². The summed E-state index contributed by atoms with van der Waals surface area (Å²) in [5.74, 6) is 0. The van der Waals surface area contributed by atoms with Crippen LogP contribution >= 0.6 is 0 Å². The fourth-order valence-electron chi connectivity index (χ4n) is 1.55. The normalized spacial score (nSPS) is 11.1. The highest BCUT2D eigenvalue weighted by Gasteiger charge is 2.16. The van der Waals surface area contributed by atoms with E-state index in [9.17, 15) is 8.42 Å². The average Bonchev–Trinajstić information content (AvgIpc) is 2.40. The minimum Gasteiger partial charge on any atom is -0.388 e. The van der Waals surface area contributed by atoms with Crippen LogP contribution < -0.4 is 5.32 Å². The Hall–Kier alpha value is -1.81. The van der Waals surface area contributed by atoms with Crippen LogP contribution in [0.15, 0.2) is 64.4 Å².